The minimum absolute atomic E-state index is 0. The zero-order chi connectivity index (χ0) is 8.85. The third kappa shape index (κ3) is 8.42. The molecule has 0 radical (unpaired) electrons. The fraction of sp³-hybridized carbons (Fsp3) is 1.00. The maximum absolute atomic E-state index is 7.00. The molecule has 74 valence electrons. The van der Waals surface area contributed by atoms with Crippen LogP contribution in [0.3, 0.4) is 0 Å². The van der Waals surface area contributed by atoms with Gasteiger partial charge in [-0.3, -0.25) is 0 Å². The Labute approximate surface area is 83.2 Å². The second kappa shape index (κ2) is 7.94. The highest BCUT2D eigenvalue weighted by atomic mass is 35.5. The molecule has 0 aliphatic carbocycles. The predicted octanol–water partition coefficient (Wildman–Crippen LogP) is 4.15. The van der Waals surface area contributed by atoms with Gasteiger partial charge < -0.3 is 0 Å². The van der Waals surface area contributed by atoms with Crippen LogP contribution < -0.4 is 0 Å². The van der Waals surface area contributed by atoms with Crippen LogP contribution in [0.2, 0.25) is 0 Å². The average molecular weight is 211 g/mol. The van der Waals surface area contributed by atoms with Gasteiger partial charge in [0.2, 0.25) is 0 Å². The summed E-state index contributed by atoms with van der Waals surface area (Å²) in [5.41, 5.74) is 7.00. The van der Waals surface area contributed by atoms with Gasteiger partial charge in [-0.15, -0.1) is 12.4 Å². The fourth-order valence-corrected chi connectivity index (χ4v) is 3.00. The monoisotopic (exact) mass is 210 g/mol. The molecule has 0 heterocycles. The van der Waals surface area contributed by atoms with Gasteiger partial charge in [0.15, 0.2) is 0 Å². The van der Waals surface area contributed by atoms with Crippen LogP contribution in [0.5, 0.6) is 0 Å². The van der Waals surface area contributed by atoms with Crippen molar-refractivity contribution in [3.05, 3.63) is 0 Å². The lowest BCUT2D eigenvalue weighted by atomic mass is 10.3. The van der Waals surface area contributed by atoms with E-state index in [0.29, 0.717) is 11.8 Å². The summed E-state index contributed by atoms with van der Waals surface area (Å²) in [6, 6.07) is 0. The van der Waals surface area contributed by atoms with Gasteiger partial charge in [-0.1, -0.05) is 27.7 Å². The van der Waals surface area contributed by atoms with Gasteiger partial charge in [0.05, 0.1) is 0 Å². The topological polar surface area (TPSA) is 36.2 Å². The van der Waals surface area contributed by atoms with Gasteiger partial charge in [-0.05, 0) is 24.2 Å². The van der Waals surface area contributed by atoms with Crippen LogP contribution in [0.15, 0.2) is 4.88 Å². The molecule has 4 heteroatoms. The second-order valence-corrected chi connectivity index (χ2v) is 5.70. The van der Waals surface area contributed by atoms with Crippen molar-refractivity contribution in [2.24, 2.45) is 16.7 Å². The van der Waals surface area contributed by atoms with Crippen LogP contribution in [-0.4, -0.2) is 12.3 Å². The Kier molecular flexibility index (Phi) is 9.81. The van der Waals surface area contributed by atoms with E-state index in [1.54, 1.807) is 0 Å². The summed E-state index contributed by atoms with van der Waals surface area (Å²) in [7, 11) is -0.346. The molecule has 0 amide bonds. The maximum atomic E-state index is 7.00. The largest absolute Gasteiger partial charge is 0.206 e. The van der Waals surface area contributed by atoms with Crippen molar-refractivity contribution in [1.29, 1.82) is 5.53 Å². The van der Waals surface area contributed by atoms with Gasteiger partial charge in [0.1, 0.15) is 0 Å². The van der Waals surface area contributed by atoms with E-state index in [0.717, 1.165) is 12.3 Å². The molecule has 1 N–H and O–H groups in total. The lowest BCUT2D eigenvalue weighted by molar-refractivity contribution is 0.716. The molecule has 0 unspecified atom stereocenters. The maximum Gasteiger partial charge on any atom is 0.0403 e. The van der Waals surface area contributed by atoms with Gasteiger partial charge >= 0.3 is 0 Å². The molecule has 0 aliphatic rings. The minimum atomic E-state index is -0.346. The summed E-state index contributed by atoms with van der Waals surface area (Å²) in [6.07, 6.45) is 2.24. The fourth-order valence-electron chi connectivity index (χ4n) is 0.999. The highest BCUT2D eigenvalue weighted by Gasteiger charge is 2.10. The third-order valence-corrected chi connectivity index (χ3v) is 3.88. The van der Waals surface area contributed by atoms with Gasteiger partial charge in [-0.25, -0.2) is 5.53 Å². The first-order valence-corrected chi connectivity index (χ1v) is 5.85. The van der Waals surface area contributed by atoms with E-state index < -0.39 is 0 Å². The molecule has 0 saturated heterocycles. The molecule has 0 rings (SSSR count). The van der Waals surface area contributed by atoms with Crippen molar-refractivity contribution >= 4 is 20.5 Å². The highest BCUT2D eigenvalue weighted by molar-refractivity contribution is 7.55. The lowest BCUT2D eigenvalue weighted by Gasteiger charge is -2.14. The molecular formula is C8H20ClN2P. The molecule has 0 aromatic rings. The first kappa shape index (κ1) is 14.8. The molecule has 0 aromatic carbocycles. The number of hydrogen-bond donors (Lipinski definition) is 1. The number of rotatable bonds is 5. The SMILES string of the molecule is CC(C)CP(CC(C)C)N=N.Cl. The minimum Gasteiger partial charge on any atom is -0.206 e. The van der Waals surface area contributed by atoms with Crippen LogP contribution in [-0.2, 0) is 0 Å². The Morgan fingerprint density at radius 3 is 1.58 bits per heavy atom. The van der Waals surface area contributed by atoms with Crippen molar-refractivity contribution in [3.8, 4) is 0 Å². The number of hydrogen-bond acceptors (Lipinski definition) is 2. The Morgan fingerprint density at radius 2 is 1.42 bits per heavy atom. The Hall–Kier alpha value is 0.320. The first-order chi connectivity index (χ1) is 5.06. The molecule has 0 bridgehead atoms. The summed E-state index contributed by atoms with van der Waals surface area (Å²) in [6.45, 7) is 8.78. The van der Waals surface area contributed by atoms with E-state index in [2.05, 4.69) is 32.6 Å². The van der Waals surface area contributed by atoms with Crippen LogP contribution >= 0.6 is 20.5 Å². The zero-order valence-corrected chi connectivity index (χ0v) is 10.1. The van der Waals surface area contributed by atoms with Crippen molar-refractivity contribution in [3.63, 3.8) is 0 Å². The third-order valence-electron chi connectivity index (χ3n) is 1.29. The summed E-state index contributed by atoms with van der Waals surface area (Å²) in [5.74, 6) is 1.38. The van der Waals surface area contributed by atoms with Crippen LogP contribution in [0.25, 0.3) is 0 Å². The van der Waals surface area contributed by atoms with Crippen molar-refractivity contribution < 1.29 is 0 Å². The summed E-state index contributed by atoms with van der Waals surface area (Å²) in [4.78, 5) is 3.68. The summed E-state index contributed by atoms with van der Waals surface area (Å²) in [5, 5.41) is 0. The molecule has 0 fully saturated rings. The van der Waals surface area contributed by atoms with Gasteiger partial charge in [-0.2, -0.15) is 4.88 Å². The standard InChI is InChI=1S/C8H19N2P.ClH/c1-7(2)5-11(10-9)6-8(3)4;/h7-9H,5-6H2,1-4H3;1H. The van der Waals surface area contributed by atoms with Crippen LogP contribution in [0, 0.1) is 17.4 Å². The van der Waals surface area contributed by atoms with E-state index in [9.17, 15) is 0 Å². The normalized spacial score (nSPS) is 10.6. The van der Waals surface area contributed by atoms with Crippen molar-refractivity contribution in [2.75, 3.05) is 12.3 Å². The number of halogens is 1. The summed E-state index contributed by atoms with van der Waals surface area (Å²) >= 11 is 0. The summed E-state index contributed by atoms with van der Waals surface area (Å²) < 4.78 is 0. The molecule has 12 heavy (non-hydrogen) atoms. The Bertz CT molecular complexity index is 108. The van der Waals surface area contributed by atoms with Crippen LogP contribution in [0.1, 0.15) is 27.7 Å². The van der Waals surface area contributed by atoms with E-state index in [4.69, 9.17) is 5.53 Å². The molecule has 2 nitrogen and oxygen atoms in total. The van der Waals surface area contributed by atoms with E-state index >= 15 is 0 Å². The predicted molar refractivity (Wildman–Crippen MR) is 58.7 cm³/mol. The van der Waals surface area contributed by atoms with E-state index in [-0.39, 0.29) is 20.5 Å². The number of nitrogens with zero attached hydrogens (tertiary/aromatic N) is 1. The van der Waals surface area contributed by atoms with E-state index in [1.807, 2.05) is 0 Å². The Balaban J connectivity index is 0. The quantitative estimate of drug-likeness (QED) is 0.523. The van der Waals surface area contributed by atoms with Crippen LogP contribution in [0.4, 0.5) is 0 Å². The van der Waals surface area contributed by atoms with Gasteiger partial charge in [0, 0.05) is 8.07 Å². The van der Waals surface area contributed by atoms with E-state index in [1.165, 1.54) is 0 Å². The average Bonchev–Trinajstić information content (AvgIpc) is 1.84. The number of nitrogens with one attached hydrogen (secondary N) is 1. The molecule has 0 atom stereocenters. The van der Waals surface area contributed by atoms with Crippen molar-refractivity contribution in [2.45, 2.75) is 27.7 Å². The van der Waals surface area contributed by atoms with Crippen molar-refractivity contribution in [1.82, 2.24) is 0 Å². The highest BCUT2D eigenvalue weighted by Crippen LogP contribution is 2.40. The molecular weight excluding hydrogens is 191 g/mol. The molecule has 0 saturated carbocycles. The van der Waals surface area contributed by atoms with Gasteiger partial charge in [0.25, 0.3) is 0 Å². The molecule has 0 aromatic heterocycles. The zero-order valence-electron chi connectivity index (χ0n) is 8.37. The molecule has 0 spiro atoms. The lowest BCUT2D eigenvalue weighted by Crippen LogP contribution is -2.00. The molecule has 0 aliphatic heterocycles. The Morgan fingerprint density at radius 1 is 1.08 bits per heavy atom. The smallest absolute Gasteiger partial charge is 0.0403 e. The first-order valence-electron chi connectivity index (χ1n) is 4.18. The second-order valence-electron chi connectivity index (χ2n) is 3.76.